The van der Waals surface area contributed by atoms with Crippen LogP contribution in [0.1, 0.15) is 19.4 Å². The highest BCUT2D eigenvalue weighted by molar-refractivity contribution is 5.82. The number of phenolic OH excluding ortho intramolecular Hbond substituents is 1. The topological polar surface area (TPSA) is 89.9 Å². The molecule has 0 aliphatic heterocycles. The van der Waals surface area contributed by atoms with E-state index in [0.717, 1.165) is 5.56 Å². The zero-order valence-electron chi connectivity index (χ0n) is 12.5. The number of urea groups is 1. The molecule has 0 aliphatic rings. The van der Waals surface area contributed by atoms with E-state index in [0.29, 0.717) is 12.5 Å². The molecule has 0 spiro atoms. The number of benzene rings is 1. The smallest absolute Gasteiger partial charge is 0.326 e. The van der Waals surface area contributed by atoms with Crippen molar-refractivity contribution < 1.29 is 19.8 Å². The SMILES string of the molecule is CC(C)CN(C)C(=O)NC(Cc1ccc(O)cc1)C(=O)O. The second-order valence-corrected chi connectivity index (χ2v) is 5.49. The van der Waals surface area contributed by atoms with Gasteiger partial charge in [0.25, 0.3) is 0 Å². The highest BCUT2D eigenvalue weighted by Gasteiger charge is 2.22. The van der Waals surface area contributed by atoms with Gasteiger partial charge in [0.05, 0.1) is 0 Å². The molecule has 0 fully saturated rings. The Morgan fingerprint density at radius 2 is 1.81 bits per heavy atom. The number of carboxylic acids is 1. The number of hydrogen-bond acceptors (Lipinski definition) is 3. The van der Waals surface area contributed by atoms with E-state index in [4.69, 9.17) is 0 Å². The van der Waals surface area contributed by atoms with Crippen molar-refractivity contribution in [2.75, 3.05) is 13.6 Å². The van der Waals surface area contributed by atoms with Crippen LogP contribution in [0.4, 0.5) is 4.79 Å². The van der Waals surface area contributed by atoms with Crippen LogP contribution in [0.3, 0.4) is 0 Å². The van der Waals surface area contributed by atoms with Gasteiger partial charge in [0.1, 0.15) is 11.8 Å². The van der Waals surface area contributed by atoms with Crippen LogP contribution in [0.2, 0.25) is 0 Å². The summed E-state index contributed by atoms with van der Waals surface area (Å²) in [6.45, 7) is 4.52. The van der Waals surface area contributed by atoms with Crippen molar-refractivity contribution in [2.24, 2.45) is 5.92 Å². The van der Waals surface area contributed by atoms with Crippen LogP contribution in [0, 0.1) is 5.92 Å². The van der Waals surface area contributed by atoms with Gasteiger partial charge in [-0.05, 0) is 23.6 Å². The molecular weight excluding hydrogens is 272 g/mol. The summed E-state index contributed by atoms with van der Waals surface area (Å²) in [6, 6.07) is 4.83. The first-order valence-electron chi connectivity index (χ1n) is 6.82. The third kappa shape index (κ3) is 5.72. The van der Waals surface area contributed by atoms with Crippen molar-refractivity contribution in [3.63, 3.8) is 0 Å². The van der Waals surface area contributed by atoms with Gasteiger partial charge in [0.15, 0.2) is 0 Å². The molecule has 1 aromatic rings. The Morgan fingerprint density at radius 3 is 2.29 bits per heavy atom. The van der Waals surface area contributed by atoms with E-state index >= 15 is 0 Å². The molecule has 6 heteroatoms. The molecule has 0 saturated carbocycles. The number of nitrogens with one attached hydrogen (secondary N) is 1. The van der Waals surface area contributed by atoms with Gasteiger partial charge in [0.2, 0.25) is 0 Å². The van der Waals surface area contributed by atoms with Crippen molar-refractivity contribution in [3.8, 4) is 5.75 Å². The fourth-order valence-corrected chi connectivity index (χ4v) is 1.96. The van der Waals surface area contributed by atoms with E-state index in [2.05, 4.69) is 5.32 Å². The Kier molecular flexibility index (Phi) is 6.02. The largest absolute Gasteiger partial charge is 0.508 e. The Balaban J connectivity index is 2.67. The maximum atomic E-state index is 11.9. The summed E-state index contributed by atoms with van der Waals surface area (Å²) in [5.74, 6) is -0.665. The quantitative estimate of drug-likeness (QED) is 0.744. The number of carbonyl (C=O) groups is 2. The van der Waals surface area contributed by atoms with Gasteiger partial charge in [0, 0.05) is 20.0 Å². The number of nitrogens with zero attached hydrogens (tertiary/aromatic N) is 1. The molecule has 1 rings (SSSR count). The maximum Gasteiger partial charge on any atom is 0.326 e. The minimum absolute atomic E-state index is 0.117. The lowest BCUT2D eigenvalue weighted by molar-refractivity contribution is -0.139. The summed E-state index contributed by atoms with van der Waals surface area (Å²) in [6.07, 6.45) is 0.164. The lowest BCUT2D eigenvalue weighted by Crippen LogP contribution is -2.48. The average molecular weight is 294 g/mol. The number of amides is 2. The number of aromatic hydroxyl groups is 1. The first-order chi connectivity index (χ1) is 9.79. The van der Waals surface area contributed by atoms with Gasteiger partial charge in [-0.15, -0.1) is 0 Å². The van der Waals surface area contributed by atoms with E-state index < -0.39 is 18.0 Å². The van der Waals surface area contributed by atoms with Gasteiger partial charge in [-0.2, -0.15) is 0 Å². The minimum Gasteiger partial charge on any atom is -0.508 e. The van der Waals surface area contributed by atoms with Gasteiger partial charge in [-0.3, -0.25) is 0 Å². The summed E-state index contributed by atoms with van der Waals surface area (Å²) in [4.78, 5) is 24.7. The second kappa shape index (κ2) is 7.52. The van der Waals surface area contributed by atoms with E-state index in [9.17, 15) is 19.8 Å². The van der Waals surface area contributed by atoms with E-state index in [1.54, 1.807) is 19.2 Å². The van der Waals surface area contributed by atoms with Crippen molar-refractivity contribution in [1.29, 1.82) is 0 Å². The van der Waals surface area contributed by atoms with Crippen LogP contribution < -0.4 is 5.32 Å². The van der Waals surface area contributed by atoms with E-state index in [-0.39, 0.29) is 12.2 Å². The summed E-state index contributed by atoms with van der Waals surface area (Å²) >= 11 is 0. The fraction of sp³-hybridized carbons (Fsp3) is 0.467. The standard InChI is InChI=1S/C15H22N2O4/c1-10(2)9-17(3)15(21)16-13(14(19)20)8-11-4-6-12(18)7-5-11/h4-7,10,13,18H,8-9H2,1-3H3,(H,16,21)(H,19,20). The molecule has 3 N–H and O–H groups in total. The number of rotatable bonds is 6. The molecule has 1 aromatic carbocycles. The molecule has 0 saturated heterocycles. The summed E-state index contributed by atoms with van der Waals surface area (Å²) in [5.41, 5.74) is 0.729. The molecule has 2 amide bonds. The van der Waals surface area contributed by atoms with E-state index in [1.807, 2.05) is 13.8 Å². The van der Waals surface area contributed by atoms with Gasteiger partial charge < -0.3 is 20.4 Å². The summed E-state index contributed by atoms with van der Waals surface area (Å²) in [5, 5.41) is 20.9. The predicted octanol–water partition coefficient (Wildman–Crippen LogP) is 1.69. The lowest BCUT2D eigenvalue weighted by atomic mass is 10.1. The molecule has 0 heterocycles. The van der Waals surface area contributed by atoms with Crippen molar-refractivity contribution in [1.82, 2.24) is 10.2 Å². The minimum atomic E-state index is -1.09. The number of carbonyl (C=O) groups excluding carboxylic acids is 1. The number of phenols is 1. The first kappa shape index (κ1) is 16.8. The van der Waals surface area contributed by atoms with Crippen LogP contribution in [0.5, 0.6) is 5.75 Å². The van der Waals surface area contributed by atoms with Crippen molar-refractivity contribution >= 4 is 12.0 Å². The number of aliphatic carboxylic acids is 1. The zero-order valence-corrected chi connectivity index (χ0v) is 12.5. The van der Waals surface area contributed by atoms with E-state index in [1.165, 1.54) is 17.0 Å². The lowest BCUT2D eigenvalue weighted by Gasteiger charge is -2.23. The van der Waals surface area contributed by atoms with Crippen molar-refractivity contribution in [2.45, 2.75) is 26.3 Å². The molecule has 21 heavy (non-hydrogen) atoms. The maximum absolute atomic E-state index is 11.9. The molecule has 1 atom stereocenters. The Labute approximate surface area is 124 Å². The van der Waals surface area contributed by atoms with Crippen molar-refractivity contribution in [3.05, 3.63) is 29.8 Å². The van der Waals surface area contributed by atoms with Crippen LogP contribution >= 0.6 is 0 Å². The molecule has 0 aliphatic carbocycles. The van der Waals surface area contributed by atoms with Crippen LogP contribution in [0.15, 0.2) is 24.3 Å². The third-order valence-electron chi connectivity index (χ3n) is 2.96. The summed E-state index contributed by atoms with van der Waals surface area (Å²) < 4.78 is 0. The number of carboxylic acid groups (broad SMARTS) is 1. The molecule has 116 valence electrons. The Morgan fingerprint density at radius 1 is 1.24 bits per heavy atom. The predicted molar refractivity (Wildman–Crippen MR) is 79.2 cm³/mol. The fourth-order valence-electron chi connectivity index (χ4n) is 1.96. The Bertz CT molecular complexity index is 485. The molecular formula is C15H22N2O4. The highest BCUT2D eigenvalue weighted by atomic mass is 16.4. The van der Waals surface area contributed by atoms with Gasteiger partial charge in [-0.25, -0.2) is 9.59 Å². The number of hydrogen-bond donors (Lipinski definition) is 3. The average Bonchev–Trinajstić information content (AvgIpc) is 2.39. The van der Waals surface area contributed by atoms with Crippen LogP contribution in [-0.2, 0) is 11.2 Å². The monoisotopic (exact) mass is 294 g/mol. The highest BCUT2D eigenvalue weighted by Crippen LogP contribution is 2.11. The molecule has 6 nitrogen and oxygen atoms in total. The first-order valence-corrected chi connectivity index (χ1v) is 6.82. The Hall–Kier alpha value is -2.24. The van der Waals surface area contributed by atoms with Crippen LogP contribution in [0.25, 0.3) is 0 Å². The molecule has 0 aromatic heterocycles. The normalized spacial score (nSPS) is 12.0. The zero-order chi connectivity index (χ0) is 16.0. The van der Waals surface area contributed by atoms with Gasteiger partial charge in [-0.1, -0.05) is 26.0 Å². The molecule has 1 unspecified atom stereocenters. The molecule has 0 radical (unpaired) electrons. The van der Waals surface area contributed by atoms with Crippen LogP contribution in [-0.4, -0.2) is 46.7 Å². The second-order valence-electron chi connectivity index (χ2n) is 5.49. The third-order valence-corrected chi connectivity index (χ3v) is 2.96. The summed E-state index contributed by atoms with van der Waals surface area (Å²) in [7, 11) is 1.63. The molecule has 0 bridgehead atoms. The van der Waals surface area contributed by atoms with Gasteiger partial charge >= 0.3 is 12.0 Å².